The van der Waals surface area contributed by atoms with Crippen LogP contribution in [-0.2, 0) is 0 Å². The Balaban J connectivity index is 1.59. The van der Waals surface area contributed by atoms with Gasteiger partial charge in [0.1, 0.15) is 5.83 Å². The van der Waals surface area contributed by atoms with E-state index in [0.717, 1.165) is 28.9 Å². The van der Waals surface area contributed by atoms with E-state index in [1.165, 1.54) is 56.9 Å². The fraction of sp³-hybridized carbons (Fsp3) is 0.556. The van der Waals surface area contributed by atoms with E-state index in [0.29, 0.717) is 11.5 Å². The summed E-state index contributed by atoms with van der Waals surface area (Å²) in [5.41, 5.74) is 3.93. The molecule has 0 N–H and O–H groups in total. The van der Waals surface area contributed by atoms with Crippen LogP contribution in [0.15, 0.2) is 54.4 Å². The van der Waals surface area contributed by atoms with Crippen LogP contribution in [0.3, 0.4) is 0 Å². The highest BCUT2D eigenvalue weighted by atomic mass is 19.1. The van der Waals surface area contributed by atoms with E-state index < -0.39 is 0 Å². The Morgan fingerprint density at radius 1 is 0.929 bits per heavy atom. The Bertz CT molecular complexity index is 705. The van der Waals surface area contributed by atoms with E-state index in [2.05, 4.69) is 37.8 Å². The number of benzene rings is 1. The van der Waals surface area contributed by atoms with E-state index in [1.807, 2.05) is 13.0 Å². The first kappa shape index (κ1) is 21.1. The van der Waals surface area contributed by atoms with Crippen molar-refractivity contribution in [2.75, 3.05) is 0 Å². The van der Waals surface area contributed by atoms with Crippen LogP contribution in [-0.4, -0.2) is 0 Å². The Morgan fingerprint density at radius 2 is 1.46 bits per heavy atom. The molecule has 0 aromatic heterocycles. The fourth-order valence-corrected chi connectivity index (χ4v) is 5.22. The summed E-state index contributed by atoms with van der Waals surface area (Å²) < 4.78 is 14.0. The van der Waals surface area contributed by atoms with Crippen LogP contribution in [0.25, 0.3) is 5.57 Å². The second-order valence-electron chi connectivity index (χ2n) is 9.27. The molecule has 0 bridgehead atoms. The van der Waals surface area contributed by atoms with E-state index in [1.54, 1.807) is 13.0 Å². The third-order valence-electron chi connectivity index (χ3n) is 7.22. The van der Waals surface area contributed by atoms with Crippen LogP contribution < -0.4 is 0 Å². The summed E-state index contributed by atoms with van der Waals surface area (Å²) in [7, 11) is 0. The molecular weight excluding hydrogens is 343 g/mol. The monoisotopic (exact) mass is 380 g/mol. The molecule has 28 heavy (non-hydrogen) atoms. The predicted molar refractivity (Wildman–Crippen MR) is 120 cm³/mol. The van der Waals surface area contributed by atoms with Crippen LogP contribution >= 0.6 is 0 Å². The maximum atomic E-state index is 14.0. The van der Waals surface area contributed by atoms with Crippen molar-refractivity contribution in [2.45, 2.75) is 78.1 Å². The van der Waals surface area contributed by atoms with Gasteiger partial charge in [0, 0.05) is 0 Å². The van der Waals surface area contributed by atoms with Crippen molar-refractivity contribution in [2.24, 2.45) is 17.8 Å². The van der Waals surface area contributed by atoms with Gasteiger partial charge in [0.2, 0.25) is 0 Å². The van der Waals surface area contributed by atoms with Crippen LogP contribution in [0, 0.1) is 17.8 Å². The third kappa shape index (κ3) is 5.25. The maximum Gasteiger partial charge on any atom is 0.126 e. The zero-order chi connectivity index (χ0) is 20.1. The molecular formula is C27H37F. The zero-order valence-corrected chi connectivity index (χ0v) is 18.0. The summed E-state index contributed by atoms with van der Waals surface area (Å²) >= 11 is 0. The first-order valence-corrected chi connectivity index (χ1v) is 11.3. The molecule has 3 rings (SSSR count). The molecule has 2 saturated carbocycles. The number of allylic oxidation sites excluding steroid dienone is 5. The minimum atomic E-state index is -0.243. The highest BCUT2D eigenvalue weighted by Crippen LogP contribution is 2.43. The molecule has 0 saturated heterocycles. The Morgan fingerprint density at radius 3 is 1.96 bits per heavy atom. The molecule has 1 aromatic rings. The summed E-state index contributed by atoms with van der Waals surface area (Å²) in [6.45, 7) is 9.76. The molecule has 152 valence electrons. The average Bonchev–Trinajstić information content (AvgIpc) is 2.72. The SMILES string of the molecule is C=C(C)/C(F)=C\C(=C/C)c1ccc(C2CCC(C3CCC(C)CC3)CC2)cc1. The lowest BCUT2D eigenvalue weighted by atomic mass is 9.68. The first-order valence-electron chi connectivity index (χ1n) is 11.3. The largest absolute Gasteiger partial charge is 0.207 e. The smallest absolute Gasteiger partial charge is 0.126 e. The van der Waals surface area contributed by atoms with E-state index in [-0.39, 0.29) is 5.83 Å². The van der Waals surface area contributed by atoms with Crippen LogP contribution in [0.4, 0.5) is 4.39 Å². The molecule has 0 radical (unpaired) electrons. The van der Waals surface area contributed by atoms with Crippen LogP contribution in [0.1, 0.15) is 89.2 Å². The molecule has 1 heteroatoms. The van der Waals surface area contributed by atoms with E-state index >= 15 is 0 Å². The summed E-state index contributed by atoms with van der Waals surface area (Å²) in [4.78, 5) is 0. The molecule has 0 nitrogen and oxygen atoms in total. The van der Waals surface area contributed by atoms with Gasteiger partial charge in [-0.1, -0.05) is 56.7 Å². The lowest BCUT2D eigenvalue weighted by molar-refractivity contribution is 0.165. The van der Waals surface area contributed by atoms with Gasteiger partial charge in [-0.3, -0.25) is 0 Å². The first-order chi connectivity index (χ1) is 13.5. The second-order valence-corrected chi connectivity index (χ2v) is 9.27. The minimum absolute atomic E-state index is 0.243. The van der Waals surface area contributed by atoms with Crippen LogP contribution in [0.2, 0.25) is 0 Å². The van der Waals surface area contributed by atoms with Gasteiger partial charge >= 0.3 is 0 Å². The van der Waals surface area contributed by atoms with Gasteiger partial charge in [0.15, 0.2) is 0 Å². The molecule has 0 amide bonds. The van der Waals surface area contributed by atoms with Gasteiger partial charge in [-0.2, -0.15) is 0 Å². The normalized spacial score (nSPS) is 29.6. The third-order valence-corrected chi connectivity index (χ3v) is 7.22. The fourth-order valence-electron chi connectivity index (χ4n) is 5.22. The van der Waals surface area contributed by atoms with Gasteiger partial charge in [-0.25, -0.2) is 4.39 Å². The molecule has 2 fully saturated rings. The number of hydrogen-bond donors (Lipinski definition) is 0. The molecule has 2 aliphatic carbocycles. The number of halogens is 1. The predicted octanol–water partition coefficient (Wildman–Crippen LogP) is 8.62. The Labute approximate surface area is 171 Å². The zero-order valence-electron chi connectivity index (χ0n) is 18.0. The maximum absolute atomic E-state index is 14.0. The van der Waals surface area contributed by atoms with Crippen molar-refractivity contribution >= 4 is 5.57 Å². The van der Waals surface area contributed by atoms with Crippen LogP contribution in [0.5, 0.6) is 0 Å². The lowest BCUT2D eigenvalue weighted by Gasteiger charge is -2.37. The quantitative estimate of drug-likeness (QED) is 0.448. The Hall–Kier alpha value is -1.63. The molecule has 2 aliphatic rings. The van der Waals surface area contributed by atoms with Gasteiger partial charge in [-0.15, -0.1) is 0 Å². The molecule has 1 aromatic carbocycles. The van der Waals surface area contributed by atoms with E-state index in [4.69, 9.17) is 0 Å². The summed E-state index contributed by atoms with van der Waals surface area (Å²) in [5, 5.41) is 0. The topological polar surface area (TPSA) is 0 Å². The van der Waals surface area contributed by atoms with Crippen molar-refractivity contribution < 1.29 is 4.39 Å². The van der Waals surface area contributed by atoms with E-state index in [9.17, 15) is 4.39 Å². The molecule has 0 unspecified atom stereocenters. The average molecular weight is 381 g/mol. The molecule has 0 atom stereocenters. The van der Waals surface area contributed by atoms with Gasteiger partial charge < -0.3 is 0 Å². The number of rotatable bonds is 5. The highest BCUT2D eigenvalue weighted by molar-refractivity contribution is 5.75. The minimum Gasteiger partial charge on any atom is -0.207 e. The van der Waals surface area contributed by atoms with Gasteiger partial charge in [0.05, 0.1) is 0 Å². The molecule has 0 spiro atoms. The second kappa shape index (κ2) is 9.72. The van der Waals surface area contributed by atoms with Gasteiger partial charge in [-0.05, 0) is 104 Å². The van der Waals surface area contributed by atoms with Crippen molar-refractivity contribution in [3.8, 4) is 0 Å². The van der Waals surface area contributed by atoms with Crippen molar-refractivity contribution in [1.29, 1.82) is 0 Å². The standard InChI is InChI=1S/C27H37F/c1-5-21(18-27(28)19(2)3)22-10-12-25(13-11-22)26-16-14-24(15-17-26)23-8-6-20(4)7-9-23/h5,10-13,18,20,23-24,26H,2,6-9,14-17H2,1,3-4H3/b21-5+,27-18+. The van der Waals surface area contributed by atoms with Crippen molar-refractivity contribution in [1.82, 2.24) is 0 Å². The number of hydrogen-bond acceptors (Lipinski definition) is 0. The molecule has 0 aliphatic heterocycles. The highest BCUT2D eigenvalue weighted by Gasteiger charge is 2.30. The summed E-state index contributed by atoms with van der Waals surface area (Å²) in [6, 6.07) is 8.83. The van der Waals surface area contributed by atoms with Crippen molar-refractivity contribution in [3.63, 3.8) is 0 Å². The summed E-state index contributed by atoms with van der Waals surface area (Å²) in [5.74, 6) is 3.36. The summed E-state index contributed by atoms with van der Waals surface area (Å²) in [6.07, 6.45) is 14.8. The Kier molecular flexibility index (Phi) is 7.32. The lowest BCUT2D eigenvalue weighted by Crippen LogP contribution is -2.24. The van der Waals surface area contributed by atoms with Gasteiger partial charge in [0.25, 0.3) is 0 Å². The molecule has 0 heterocycles. The van der Waals surface area contributed by atoms with Crippen molar-refractivity contribution in [3.05, 3.63) is 65.5 Å².